The molecule has 0 fully saturated rings. The molecule has 2 aromatic carbocycles. The predicted octanol–water partition coefficient (Wildman–Crippen LogP) is 4.91. The third kappa shape index (κ3) is 4.26. The molecule has 0 saturated heterocycles. The molecule has 0 amide bonds. The molecule has 0 spiro atoms. The molecule has 1 aromatic heterocycles. The Morgan fingerprint density at radius 2 is 1.74 bits per heavy atom. The fourth-order valence-corrected chi connectivity index (χ4v) is 3.41. The van der Waals surface area contributed by atoms with Crippen LogP contribution in [-0.4, -0.2) is 30.2 Å². The Labute approximate surface area is 175 Å². The summed E-state index contributed by atoms with van der Waals surface area (Å²) in [6.07, 6.45) is -4.71. The van der Waals surface area contributed by atoms with Crippen LogP contribution in [0.5, 0.6) is 5.75 Å². The van der Waals surface area contributed by atoms with Gasteiger partial charge in [0, 0.05) is 22.7 Å². The largest absolute Gasteiger partial charge is 0.494 e. The summed E-state index contributed by atoms with van der Waals surface area (Å²) in [7, 11) is 1.28. The zero-order chi connectivity index (χ0) is 22.9. The van der Waals surface area contributed by atoms with Crippen molar-refractivity contribution in [3.8, 4) is 5.75 Å². The first kappa shape index (κ1) is 22.3. The van der Waals surface area contributed by atoms with Crippen molar-refractivity contribution in [2.24, 2.45) is 0 Å². The van der Waals surface area contributed by atoms with Gasteiger partial charge in [-0.2, -0.15) is 13.2 Å². The van der Waals surface area contributed by atoms with Gasteiger partial charge in [0.2, 0.25) is 0 Å². The van der Waals surface area contributed by atoms with E-state index in [1.165, 1.54) is 17.7 Å². The second kappa shape index (κ2) is 8.41. The highest BCUT2D eigenvalue weighted by Crippen LogP contribution is 2.33. The smallest absolute Gasteiger partial charge is 0.416 e. The van der Waals surface area contributed by atoms with Crippen molar-refractivity contribution in [2.75, 3.05) is 13.7 Å². The number of halogens is 4. The van der Waals surface area contributed by atoms with Crippen LogP contribution in [0.1, 0.15) is 34.1 Å². The van der Waals surface area contributed by atoms with Crippen molar-refractivity contribution < 1.29 is 36.6 Å². The monoisotopic (exact) mass is 437 g/mol. The van der Waals surface area contributed by atoms with Crippen LogP contribution in [0.2, 0.25) is 0 Å². The molecule has 0 N–H and O–H groups in total. The lowest BCUT2D eigenvalue weighted by Crippen LogP contribution is -2.15. The second-order valence-electron chi connectivity index (χ2n) is 6.77. The summed E-state index contributed by atoms with van der Waals surface area (Å²) in [4.78, 5) is 25.2. The number of esters is 1. The molecule has 0 bridgehead atoms. The van der Waals surface area contributed by atoms with Crippen molar-refractivity contribution in [1.29, 1.82) is 0 Å². The number of alkyl halides is 3. The number of carbonyl (C=O) groups is 2. The Hall–Kier alpha value is -3.36. The van der Waals surface area contributed by atoms with Crippen molar-refractivity contribution >= 4 is 22.8 Å². The lowest BCUT2D eigenvalue weighted by Gasteiger charge is -2.10. The molecular formula is C22H19F4NO4. The first-order valence-electron chi connectivity index (χ1n) is 9.33. The van der Waals surface area contributed by atoms with Gasteiger partial charge in [-0.3, -0.25) is 14.2 Å². The van der Waals surface area contributed by atoms with E-state index in [9.17, 15) is 27.2 Å². The number of methoxy groups -OCH3 is 1. The van der Waals surface area contributed by atoms with Gasteiger partial charge in [-0.1, -0.05) is 0 Å². The summed E-state index contributed by atoms with van der Waals surface area (Å²) in [6.45, 7) is 3.39. The Balaban J connectivity index is 2.17. The quantitative estimate of drug-likeness (QED) is 0.421. The van der Waals surface area contributed by atoms with E-state index in [0.29, 0.717) is 16.6 Å². The van der Waals surface area contributed by atoms with E-state index in [-0.39, 0.29) is 29.9 Å². The van der Waals surface area contributed by atoms with E-state index >= 15 is 0 Å². The molecule has 3 aromatic rings. The van der Waals surface area contributed by atoms with Gasteiger partial charge in [-0.25, -0.2) is 4.39 Å². The van der Waals surface area contributed by atoms with E-state index in [4.69, 9.17) is 9.47 Å². The molecule has 0 atom stereocenters. The van der Waals surface area contributed by atoms with Gasteiger partial charge in [-0.15, -0.1) is 0 Å². The molecule has 5 nitrogen and oxygen atoms in total. The number of rotatable bonds is 5. The van der Waals surface area contributed by atoms with Gasteiger partial charge in [0.15, 0.2) is 11.6 Å². The molecule has 0 saturated carbocycles. The fraction of sp³-hybridized carbons (Fsp3) is 0.273. The third-order valence-electron chi connectivity index (χ3n) is 4.90. The Bertz CT molecular complexity index is 1150. The Morgan fingerprint density at radius 1 is 1.10 bits per heavy atom. The van der Waals surface area contributed by atoms with E-state index < -0.39 is 29.4 Å². The summed E-state index contributed by atoms with van der Waals surface area (Å²) in [5.74, 6) is -1.99. The first-order chi connectivity index (χ1) is 14.6. The molecule has 3 rings (SSSR count). The molecule has 0 aliphatic rings. The maximum atomic E-state index is 14.4. The standard InChI is InChI=1S/C22H19F4NO4/c1-4-31-20(28)10-15-12(2)27(18-11-17(23)19(30-3)9-16(15)18)21(29)13-5-7-14(8-6-13)22(24,25)26/h5-9,11H,4,10H2,1-3H3. The molecule has 31 heavy (non-hydrogen) atoms. The number of hydrogen-bond donors (Lipinski definition) is 0. The van der Waals surface area contributed by atoms with Crippen LogP contribution in [0.25, 0.3) is 10.9 Å². The normalized spacial score (nSPS) is 11.6. The van der Waals surface area contributed by atoms with Gasteiger partial charge in [-0.05, 0) is 49.7 Å². The number of benzene rings is 2. The number of fused-ring (bicyclic) bond motifs is 1. The van der Waals surface area contributed by atoms with Crippen LogP contribution >= 0.6 is 0 Å². The maximum absolute atomic E-state index is 14.4. The van der Waals surface area contributed by atoms with Crippen molar-refractivity contribution in [2.45, 2.75) is 26.4 Å². The zero-order valence-electron chi connectivity index (χ0n) is 17.0. The fourth-order valence-electron chi connectivity index (χ4n) is 3.41. The first-order valence-corrected chi connectivity index (χ1v) is 9.33. The van der Waals surface area contributed by atoms with Crippen LogP contribution in [0.15, 0.2) is 36.4 Å². The summed E-state index contributed by atoms with van der Waals surface area (Å²) in [5.41, 5.74) is 0.0384. The summed E-state index contributed by atoms with van der Waals surface area (Å²) < 4.78 is 64.1. The van der Waals surface area contributed by atoms with E-state index in [2.05, 4.69) is 0 Å². The lowest BCUT2D eigenvalue weighted by atomic mass is 10.1. The number of aromatic nitrogens is 1. The van der Waals surface area contributed by atoms with Crippen LogP contribution in [0.4, 0.5) is 17.6 Å². The van der Waals surface area contributed by atoms with Crippen LogP contribution < -0.4 is 4.74 Å². The molecule has 0 aliphatic heterocycles. The molecule has 9 heteroatoms. The number of hydrogen-bond acceptors (Lipinski definition) is 4. The average molecular weight is 437 g/mol. The molecule has 164 valence electrons. The van der Waals surface area contributed by atoms with Gasteiger partial charge in [0.1, 0.15) is 0 Å². The minimum absolute atomic E-state index is 0.0214. The molecule has 0 unspecified atom stereocenters. The number of nitrogens with zero attached hydrogens (tertiary/aromatic N) is 1. The molecular weight excluding hydrogens is 418 g/mol. The van der Waals surface area contributed by atoms with Crippen molar-refractivity contribution in [1.82, 2.24) is 4.57 Å². The van der Waals surface area contributed by atoms with E-state index in [1.807, 2.05) is 0 Å². The van der Waals surface area contributed by atoms with Gasteiger partial charge in [0.05, 0.1) is 31.2 Å². The molecule has 1 heterocycles. The van der Waals surface area contributed by atoms with Crippen molar-refractivity contribution in [3.63, 3.8) is 0 Å². The third-order valence-corrected chi connectivity index (χ3v) is 4.90. The number of carbonyl (C=O) groups excluding carboxylic acids is 2. The van der Waals surface area contributed by atoms with Gasteiger partial charge < -0.3 is 9.47 Å². The van der Waals surface area contributed by atoms with Crippen LogP contribution in [0.3, 0.4) is 0 Å². The highest BCUT2D eigenvalue weighted by atomic mass is 19.4. The Kier molecular flexibility index (Phi) is 6.06. The van der Waals surface area contributed by atoms with Gasteiger partial charge >= 0.3 is 12.1 Å². The van der Waals surface area contributed by atoms with E-state index in [0.717, 1.165) is 30.3 Å². The molecule has 0 radical (unpaired) electrons. The second-order valence-corrected chi connectivity index (χ2v) is 6.77. The van der Waals surface area contributed by atoms with Gasteiger partial charge in [0.25, 0.3) is 5.91 Å². The van der Waals surface area contributed by atoms with Crippen LogP contribution in [0, 0.1) is 12.7 Å². The highest BCUT2D eigenvalue weighted by Gasteiger charge is 2.30. The average Bonchev–Trinajstić information content (AvgIpc) is 2.97. The minimum Gasteiger partial charge on any atom is -0.494 e. The van der Waals surface area contributed by atoms with E-state index in [1.54, 1.807) is 13.8 Å². The Morgan fingerprint density at radius 3 is 2.29 bits per heavy atom. The lowest BCUT2D eigenvalue weighted by molar-refractivity contribution is -0.142. The van der Waals surface area contributed by atoms with Crippen molar-refractivity contribution in [3.05, 3.63) is 64.6 Å². The highest BCUT2D eigenvalue weighted by molar-refractivity contribution is 6.05. The summed E-state index contributed by atoms with van der Waals surface area (Å²) >= 11 is 0. The SMILES string of the molecule is CCOC(=O)Cc1c(C)n(C(=O)c2ccc(C(F)(F)F)cc2)c2cc(F)c(OC)cc12. The number of ether oxygens (including phenoxy) is 2. The summed E-state index contributed by atoms with van der Waals surface area (Å²) in [5, 5.41) is 0.407. The summed E-state index contributed by atoms with van der Waals surface area (Å²) in [6, 6.07) is 6.19. The molecule has 0 aliphatic carbocycles. The minimum atomic E-state index is -4.54. The zero-order valence-corrected chi connectivity index (χ0v) is 17.0. The predicted molar refractivity (Wildman–Crippen MR) is 105 cm³/mol. The van der Waals surface area contributed by atoms with Crippen LogP contribution in [-0.2, 0) is 22.1 Å². The topological polar surface area (TPSA) is 57.5 Å². The maximum Gasteiger partial charge on any atom is 0.416 e.